The molecule has 0 saturated heterocycles. The Kier molecular flexibility index (Phi) is 7.67. The number of carbonyl (C=O) groups excluding carboxylic acids is 2. The highest BCUT2D eigenvalue weighted by Crippen LogP contribution is 2.44. The molecule has 2 heterocycles. The second-order valence-electron chi connectivity index (χ2n) is 9.62. The molecule has 3 aromatic rings. The lowest BCUT2D eigenvalue weighted by Crippen LogP contribution is -2.42. The minimum absolute atomic E-state index is 0.218. The molecule has 0 unspecified atom stereocenters. The summed E-state index contributed by atoms with van der Waals surface area (Å²) in [6.07, 6.45) is 8.70. The summed E-state index contributed by atoms with van der Waals surface area (Å²) in [5, 5.41) is 3.50. The minimum Gasteiger partial charge on any atom is -0.462 e. The van der Waals surface area contributed by atoms with Gasteiger partial charge < -0.3 is 19.7 Å². The summed E-state index contributed by atoms with van der Waals surface area (Å²) in [7, 11) is 0. The van der Waals surface area contributed by atoms with Crippen LogP contribution in [0.5, 0.6) is 0 Å². The SMILES string of the molecule is CCOC(=O)c1cnc(NC2(c3ccc(C4=CCN(C(=O)OCc5ccccc5)CC4)cc3)CCC2)nc1. The van der Waals surface area contributed by atoms with Gasteiger partial charge in [-0.25, -0.2) is 19.6 Å². The van der Waals surface area contributed by atoms with E-state index in [0.717, 1.165) is 36.8 Å². The van der Waals surface area contributed by atoms with E-state index in [0.29, 0.717) is 31.2 Å². The zero-order chi connectivity index (χ0) is 26.4. The number of nitrogens with one attached hydrogen (secondary N) is 1. The molecular formula is C30H32N4O4. The van der Waals surface area contributed by atoms with Gasteiger partial charge in [-0.3, -0.25) is 0 Å². The Morgan fingerprint density at radius 1 is 1.00 bits per heavy atom. The summed E-state index contributed by atoms with van der Waals surface area (Å²) < 4.78 is 10.5. The van der Waals surface area contributed by atoms with Crippen LogP contribution in [-0.4, -0.2) is 46.6 Å². The number of anilines is 1. The van der Waals surface area contributed by atoms with E-state index in [1.54, 1.807) is 11.8 Å². The van der Waals surface area contributed by atoms with Crippen LogP contribution in [-0.2, 0) is 21.6 Å². The molecule has 0 atom stereocenters. The smallest absolute Gasteiger partial charge is 0.410 e. The van der Waals surface area contributed by atoms with Crippen LogP contribution >= 0.6 is 0 Å². The molecule has 1 aliphatic carbocycles. The average Bonchev–Trinajstić information content (AvgIpc) is 2.95. The Balaban J connectivity index is 1.19. The van der Waals surface area contributed by atoms with Crippen molar-refractivity contribution >= 4 is 23.6 Å². The van der Waals surface area contributed by atoms with Crippen LogP contribution in [0.25, 0.3) is 5.57 Å². The topological polar surface area (TPSA) is 93.7 Å². The van der Waals surface area contributed by atoms with Gasteiger partial charge in [-0.1, -0.05) is 60.7 Å². The van der Waals surface area contributed by atoms with Gasteiger partial charge in [-0.05, 0) is 54.9 Å². The molecule has 196 valence electrons. The van der Waals surface area contributed by atoms with Crippen LogP contribution in [0.15, 0.2) is 73.1 Å². The van der Waals surface area contributed by atoms with Gasteiger partial charge in [0.2, 0.25) is 5.95 Å². The largest absolute Gasteiger partial charge is 0.462 e. The second kappa shape index (κ2) is 11.5. The van der Waals surface area contributed by atoms with Crippen LogP contribution in [0, 0.1) is 0 Å². The first-order chi connectivity index (χ1) is 18.6. The molecule has 2 aliphatic rings. The van der Waals surface area contributed by atoms with Crippen molar-refractivity contribution in [1.29, 1.82) is 0 Å². The third-order valence-corrected chi connectivity index (χ3v) is 7.20. The van der Waals surface area contributed by atoms with Gasteiger partial charge in [0.15, 0.2) is 0 Å². The van der Waals surface area contributed by atoms with Crippen LogP contribution in [0.4, 0.5) is 10.7 Å². The van der Waals surface area contributed by atoms with Crippen molar-refractivity contribution < 1.29 is 19.1 Å². The van der Waals surface area contributed by atoms with Crippen LogP contribution in [0.2, 0.25) is 0 Å². The molecule has 0 radical (unpaired) electrons. The maximum Gasteiger partial charge on any atom is 0.410 e. The van der Waals surface area contributed by atoms with E-state index in [1.807, 2.05) is 30.3 Å². The number of hydrogen-bond acceptors (Lipinski definition) is 7. The van der Waals surface area contributed by atoms with Crippen LogP contribution in [0.1, 0.15) is 59.7 Å². The predicted octanol–water partition coefficient (Wildman–Crippen LogP) is 5.57. The summed E-state index contributed by atoms with van der Waals surface area (Å²) in [5.74, 6) is 0.0771. The van der Waals surface area contributed by atoms with Gasteiger partial charge in [0.25, 0.3) is 0 Å². The van der Waals surface area contributed by atoms with Crippen LogP contribution < -0.4 is 5.32 Å². The maximum atomic E-state index is 12.5. The normalized spacial score (nSPS) is 16.1. The summed E-state index contributed by atoms with van der Waals surface area (Å²) in [6.45, 7) is 3.53. The first-order valence-corrected chi connectivity index (χ1v) is 13.1. The molecule has 1 aliphatic heterocycles. The molecule has 1 N–H and O–H groups in total. The summed E-state index contributed by atoms with van der Waals surface area (Å²) in [4.78, 5) is 34.8. The Morgan fingerprint density at radius 2 is 1.74 bits per heavy atom. The van der Waals surface area contributed by atoms with Gasteiger partial charge in [-0.2, -0.15) is 0 Å². The van der Waals surface area contributed by atoms with E-state index in [4.69, 9.17) is 9.47 Å². The molecule has 0 bridgehead atoms. The number of hydrogen-bond donors (Lipinski definition) is 1. The fourth-order valence-electron chi connectivity index (χ4n) is 4.85. The molecule has 1 amide bonds. The molecule has 8 nitrogen and oxygen atoms in total. The second-order valence-corrected chi connectivity index (χ2v) is 9.62. The first-order valence-electron chi connectivity index (χ1n) is 13.1. The van der Waals surface area contributed by atoms with Crippen molar-refractivity contribution in [1.82, 2.24) is 14.9 Å². The van der Waals surface area contributed by atoms with Crippen molar-refractivity contribution in [2.24, 2.45) is 0 Å². The van der Waals surface area contributed by atoms with E-state index in [9.17, 15) is 9.59 Å². The number of amides is 1. The molecule has 1 aromatic heterocycles. The fraction of sp³-hybridized carbons (Fsp3) is 0.333. The van der Waals surface area contributed by atoms with Crippen molar-refractivity contribution in [2.75, 3.05) is 25.0 Å². The van der Waals surface area contributed by atoms with Crippen molar-refractivity contribution in [2.45, 2.75) is 44.8 Å². The Morgan fingerprint density at radius 3 is 2.34 bits per heavy atom. The monoisotopic (exact) mass is 512 g/mol. The Labute approximate surface area is 222 Å². The number of carbonyl (C=O) groups is 2. The van der Waals surface area contributed by atoms with Gasteiger partial charge in [-0.15, -0.1) is 0 Å². The number of benzene rings is 2. The van der Waals surface area contributed by atoms with E-state index < -0.39 is 5.97 Å². The van der Waals surface area contributed by atoms with Crippen molar-refractivity contribution in [3.8, 4) is 0 Å². The van der Waals surface area contributed by atoms with Gasteiger partial charge in [0.1, 0.15) is 6.61 Å². The van der Waals surface area contributed by atoms with Crippen molar-refractivity contribution in [3.63, 3.8) is 0 Å². The highest BCUT2D eigenvalue weighted by molar-refractivity contribution is 5.88. The van der Waals surface area contributed by atoms with E-state index in [2.05, 4.69) is 45.6 Å². The summed E-state index contributed by atoms with van der Waals surface area (Å²) >= 11 is 0. The molecule has 8 heteroatoms. The quantitative estimate of drug-likeness (QED) is 0.394. The molecule has 1 fully saturated rings. The molecule has 0 spiro atoms. The lowest BCUT2D eigenvalue weighted by atomic mass is 9.71. The third kappa shape index (κ3) is 5.69. The van der Waals surface area contributed by atoms with Gasteiger partial charge >= 0.3 is 12.1 Å². The van der Waals surface area contributed by atoms with Gasteiger partial charge in [0.05, 0.1) is 17.7 Å². The highest BCUT2D eigenvalue weighted by Gasteiger charge is 2.39. The number of ether oxygens (including phenoxy) is 2. The molecule has 2 aromatic carbocycles. The number of nitrogens with zero attached hydrogens (tertiary/aromatic N) is 3. The van der Waals surface area contributed by atoms with E-state index in [-0.39, 0.29) is 18.2 Å². The number of rotatable bonds is 8. The predicted molar refractivity (Wildman–Crippen MR) is 144 cm³/mol. The number of aromatic nitrogens is 2. The van der Waals surface area contributed by atoms with E-state index in [1.165, 1.54) is 23.5 Å². The lowest BCUT2D eigenvalue weighted by Gasteiger charge is -2.43. The Bertz CT molecular complexity index is 1290. The van der Waals surface area contributed by atoms with Crippen molar-refractivity contribution in [3.05, 3.63) is 95.3 Å². The molecule has 5 rings (SSSR count). The molecule has 38 heavy (non-hydrogen) atoms. The summed E-state index contributed by atoms with van der Waals surface area (Å²) in [6, 6.07) is 18.3. The fourth-order valence-corrected chi connectivity index (χ4v) is 4.85. The molecule has 1 saturated carbocycles. The van der Waals surface area contributed by atoms with Gasteiger partial charge in [0, 0.05) is 25.5 Å². The zero-order valence-electron chi connectivity index (χ0n) is 21.6. The molecular weight excluding hydrogens is 480 g/mol. The first kappa shape index (κ1) is 25.4. The van der Waals surface area contributed by atoms with E-state index >= 15 is 0 Å². The van der Waals surface area contributed by atoms with Crippen LogP contribution in [0.3, 0.4) is 0 Å². The minimum atomic E-state index is -0.419. The number of esters is 1. The summed E-state index contributed by atoms with van der Waals surface area (Å²) in [5.41, 5.74) is 4.69. The maximum absolute atomic E-state index is 12.5. The Hall–Kier alpha value is -4.20. The lowest BCUT2D eigenvalue weighted by molar-refractivity contribution is 0.0525. The third-order valence-electron chi connectivity index (χ3n) is 7.20. The highest BCUT2D eigenvalue weighted by atomic mass is 16.6. The standard InChI is InChI=1S/C30H32N4O4/c1-2-37-27(35)25-19-31-28(32-20-25)33-30(15-6-16-30)26-11-9-23(10-12-26)24-13-17-34(18-14-24)29(36)38-21-22-7-4-3-5-8-22/h3-5,7-13,19-20H,2,6,14-18,21H2,1H3,(H,31,32,33). The zero-order valence-corrected chi connectivity index (χ0v) is 21.6. The average molecular weight is 513 g/mol.